The lowest BCUT2D eigenvalue weighted by Crippen LogP contribution is -2.13. The highest BCUT2D eigenvalue weighted by Gasteiger charge is 2.14. The van der Waals surface area contributed by atoms with Crippen LogP contribution in [0, 0.1) is 0 Å². The second kappa shape index (κ2) is 5.91. The van der Waals surface area contributed by atoms with Crippen LogP contribution in [0.15, 0.2) is 49.9 Å². The molecule has 5 heteroatoms. The molecule has 0 fully saturated rings. The summed E-state index contributed by atoms with van der Waals surface area (Å²) in [5, 5.41) is 0. The van der Waals surface area contributed by atoms with Gasteiger partial charge in [-0.2, -0.15) is 0 Å². The first-order valence-corrected chi connectivity index (χ1v) is 7.30. The summed E-state index contributed by atoms with van der Waals surface area (Å²) in [6, 6.07) is 10.3. The fourth-order valence-corrected chi connectivity index (χ4v) is 3.25. The van der Waals surface area contributed by atoms with Crippen LogP contribution in [0.25, 0.3) is 0 Å². The normalized spacial score (nSPS) is 10.7. The van der Waals surface area contributed by atoms with Crippen molar-refractivity contribution in [3.63, 3.8) is 0 Å². The minimum Gasteiger partial charge on any atom is -0.144 e. The van der Waals surface area contributed by atoms with E-state index in [1.165, 1.54) is 5.56 Å². The topological polar surface area (TPSA) is 0 Å². The number of thiol groups is 4. The molecule has 0 aliphatic heterocycles. The molecule has 0 aliphatic carbocycles. The molecule has 0 N–H and O–H groups in total. The van der Waals surface area contributed by atoms with Gasteiger partial charge in [-0.1, -0.05) is 35.8 Å². The van der Waals surface area contributed by atoms with Crippen LogP contribution in [0.5, 0.6) is 0 Å². The maximum atomic E-state index is 4.60. The summed E-state index contributed by atoms with van der Waals surface area (Å²) in [7, 11) is 2.01. The van der Waals surface area contributed by atoms with Crippen molar-refractivity contribution < 1.29 is 0 Å². The van der Waals surface area contributed by atoms with Crippen molar-refractivity contribution >= 4 is 63.8 Å². The Kier molecular flexibility index (Phi) is 4.70. The van der Waals surface area contributed by atoms with Gasteiger partial charge in [-0.05, 0) is 17.5 Å². The monoisotopic (exact) mass is 308 g/mol. The average molecular weight is 308 g/mol. The molecule has 2 rings (SSSR count). The van der Waals surface area contributed by atoms with Crippen molar-refractivity contribution in [1.29, 1.82) is 0 Å². The van der Waals surface area contributed by atoms with E-state index >= 15 is 0 Å². The zero-order valence-electron chi connectivity index (χ0n) is 9.88. The predicted molar refractivity (Wildman–Crippen MR) is 92.9 cm³/mol. The molecular weight excluding hydrogens is 295 g/mol. The van der Waals surface area contributed by atoms with E-state index in [0.29, 0.717) is 0 Å². The molecule has 0 radical (unpaired) electrons. The molecule has 92 valence electrons. The number of benzene rings is 2. The van der Waals surface area contributed by atoms with Crippen molar-refractivity contribution in [2.45, 2.75) is 26.0 Å². The molecule has 0 bridgehead atoms. The molecule has 0 atom stereocenters. The molecule has 0 aromatic heterocycles. The number of hydrogen-bond donors (Lipinski definition) is 4. The third kappa shape index (κ3) is 2.74. The number of rotatable bonds is 2. The SMILES string of the molecule is Bc1c(S)c(S)c(S)c(Cc2ccccc2)c1S. The summed E-state index contributed by atoms with van der Waals surface area (Å²) in [5.74, 6) is 0. The molecule has 2 aromatic rings. The van der Waals surface area contributed by atoms with Crippen LogP contribution >= 0.6 is 50.5 Å². The van der Waals surface area contributed by atoms with Crippen LogP contribution < -0.4 is 5.46 Å². The van der Waals surface area contributed by atoms with Crippen LogP contribution in [0.1, 0.15) is 11.1 Å². The van der Waals surface area contributed by atoms with Gasteiger partial charge >= 0.3 is 0 Å². The molecule has 0 saturated carbocycles. The van der Waals surface area contributed by atoms with E-state index < -0.39 is 0 Å². The highest BCUT2D eigenvalue weighted by molar-refractivity contribution is 7.85. The minimum atomic E-state index is 0.807. The van der Waals surface area contributed by atoms with Crippen LogP contribution in [0.3, 0.4) is 0 Å². The van der Waals surface area contributed by atoms with Gasteiger partial charge in [0.05, 0.1) is 0 Å². The fraction of sp³-hybridized carbons (Fsp3) is 0.0769. The van der Waals surface area contributed by atoms with Gasteiger partial charge in [0.25, 0.3) is 0 Å². The summed E-state index contributed by atoms with van der Waals surface area (Å²) in [5.41, 5.74) is 3.39. The Bertz CT molecular complexity index is 552. The Balaban J connectivity index is 2.52. The molecule has 2 aromatic carbocycles. The summed E-state index contributed by atoms with van der Waals surface area (Å²) >= 11 is 18.1. The lowest BCUT2D eigenvalue weighted by molar-refractivity contribution is 0.993. The zero-order valence-corrected chi connectivity index (χ0v) is 13.5. The van der Waals surface area contributed by atoms with Crippen LogP contribution in [-0.4, -0.2) is 7.85 Å². The van der Waals surface area contributed by atoms with Crippen molar-refractivity contribution in [3.8, 4) is 0 Å². The van der Waals surface area contributed by atoms with E-state index in [9.17, 15) is 0 Å². The van der Waals surface area contributed by atoms with Crippen molar-refractivity contribution in [3.05, 3.63) is 41.5 Å². The minimum absolute atomic E-state index is 0.807. The van der Waals surface area contributed by atoms with Gasteiger partial charge in [0.15, 0.2) is 0 Å². The van der Waals surface area contributed by atoms with Gasteiger partial charge in [-0.15, -0.1) is 50.5 Å². The van der Waals surface area contributed by atoms with Crippen molar-refractivity contribution in [2.75, 3.05) is 0 Å². The molecule has 0 aliphatic rings. The molecule has 0 spiro atoms. The lowest BCUT2D eigenvalue weighted by Gasteiger charge is -2.16. The fourth-order valence-electron chi connectivity index (χ4n) is 1.85. The van der Waals surface area contributed by atoms with E-state index in [1.807, 2.05) is 26.0 Å². The van der Waals surface area contributed by atoms with E-state index in [4.69, 9.17) is 0 Å². The average Bonchev–Trinajstić information content (AvgIpc) is 2.40. The third-order valence-electron chi connectivity index (χ3n) is 2.95. The van der Waals surface area contributed by atoms with Crippen LogP contribution in [0.4, 0.5) is 0 Å². The maximum absolute atomic E-state index is 4.60. The molecule has 18 heavy (non-hydrogen) atoms. The summed E-state index contributed by atoms with van der Waals surface area (Å²) < 4.78 is 0. The van der Waals surface area contributed by atoms with Gasteiger partial charge in [0.1, 0.15) is 7.85 Å². The van der Waals surface area contributed by atoms with Crippen LogP contribution in [0.2, 0.25) is 0 Å². The second-order valence-corrected chi connectivity index (χ2v) is 5.95. The first kappa shape index (κ1) is 14.3. The Hall–Kier alpha value is -0.0951. The van der Waals surface area contributed by atoms with Crippen molar-refractivity contribution in [1.82, 2.24) is 0 Å². The highest BCUT2D eigenvalue weighted by atomic mass is 32.1. The zero-order chi connectivity index (χ0) is 13.3. The Morgan fingerprint density at radius 3 is 2.00 bits per heavy atom. The Morgan fingerprint density at radius 1 is 0.778 bits per heavy atom. The highest BCUT2D eigenvalue weighted by Crippen LogP contribution is 2.32. The smallest absolute Gasteiger partial charge is 0.142 e. The Labute approximate surface area is 131 Å². The molecule has 0 saturated heterocycles. The standard InChI is InChI=1S/C13H13BS4/c14-9-10(15)8(11(16)13(18)12(9)17)6-7-4-2-1-3-5-7/h1-5,15-18H,6,14H2. The third-order valence-corrected chi connectivity index (χ3v) is 5.41. The quantitative estimate of drug-likeness (QED) is 0.476. The molecular formula is C13H13BS4. The first-order chi connectivity index (χ1) is 8.52. The van der Waals surface area contributed by atoms with E-state index in [-0.39, 0.29) is 0 Å². The second-order valence-electron chi connectivity index (χ2n) is 4.16. The van der Waals surface area contributed by atoms with Gasteiger partial charge < -0.3 is 0 Å². The maximum Gasteiger partial charge on any atom is 0.142 e. The van der Waals surface area contributed by atoms with Gasteiger partial charge in [-0.3, -0.25) is 0 Å². The summed E-state index contributed by atoms with van der Waals surface area (Å²) in [6.45, 7) is 0. The van der Waals surface area contributed by atoms with Gasteiger partial charge in [0, 0.05) is 19.6 Å². The molecule has 0 heterocycles. The van der Waals surface area contributed by atoms with Gasteiger partial charge in [0.2, 0.25) is 0 Å². The predicted octanol–water partition coefficient (Wildman–Crippen LogP) is 2.69. The molecule has 0 amide bonds. The number of hydrogen-bond acceptors (Lipinski definition) is 4. The first-order valence-electron chi connectivity index (χ1n) is 5.51. The van der Waals surface area contributed by atoms with E-state index in [0.717, 1.165) is 37.0 Å². The van der Waals surface area contributed by atoms with Gasteiger partial charge in [-0.25, -0.2) is 0 Å². The summed E-state index contributed by atoms with van der Waals surface area (Å²) in [6.07, 6.45) is 0.807. The summed E-state index contributed by atoms with van der Waals surface area (Å²) in [4.78, 5) is 3.49. The van der Waals surface area contributed by atoms with Crippen molar-refractivity contribution in [2.24, 2.45) is 0 Å². The Morgan fingerprint density at radius 2 is 1.39 bits per heavy atom. The molecule has 0 unspecified atom stereocenters. The van der Waals surface area contributed by atoms with E-state index in [2.05, 4.69) is 62.6 Å². The lowest BCUT2D eigenvalue weighted by atomic mass is 9.91. The van der Waals surface area contributed by atoms with Crippen LogP contribution in [-0.2, 0) is 6.42 Å². The van der Waals surface area contributed by atoms with E-state index in [1.54, 1.807) is 0 Å². The largest absolute Gasteiger partial charge is 0.144 e. The molecule has 0 nitrogen and oxygen atoms in total.